The summed E-state index contributed by atoms with van der Waals surface area (Å²) in [6.07, 6.45) is 10.4. The molecule has 0 bridgehead atoms. The average Bonchev–Trinajstić information content (AvgIpc) is 2.49. The second-order valence-corrected chi connectivity index (χ2v) is 6.10. The quantitative estimate of drug-likeness (QED) is 0.354. The fourth-order valence-electron chi connectivity index (χ4n) is 2.56. The Morgan fingerprint density at radius 3 is 1.86 bits per heavy atom. The molecule has 0 amide bonds. The summed E-state index contributed by atoms with van der Waals surface area (Å²) in [6, 6.07) is 0. The molecule has 0 aromatic rings. The second-order valence-electron chi connectivity index (χ2n) is 6.10. The average molecular weight is 316 g/mol. The Hall–Kier alpha value is -0.610. The maximum Gasteiger partial charge on any atom is 0.305 e. The number of carbonyl (C=O) groups excluding carboxylic acids is 1. The third kappa shape index (κ3) is 13.1. The normalized spacial score (nSPS) is 13.8. The zero-order valence-electron chi connectivity index (χ0n) is 14.6. The Morgan fingerprint density at radius 1 is 0.818 bits per heavy atom. The summed E-state index contributed by atoms with van der Waals surface area (Å²) in [4.78, 5) is 11.2. The van der Waals surface area contributed by atoms with Crippen molar-refractivity contribution >= 4 is 5.97 Å². The summed E-state index contributed by atoms with van der Waals surface area (Å²) in [7, 11) is 0. The molecule has 2 atom stereocenters. The number of aliphatic hydroxyl groups excluding tert-OH is 2. The second kappa shape index (κ2) is 15.3. The van der Waals surface area contributed by atoms with Crippen molar-refractivity contribution in [2.24, 2.45) is 0 Å². The largest absolute Gasteiger partial charge is 0.466 e. The molecule has 0 fully saturated rings. The molecule has 0 unspecified atom stereocenters. The van der Waals surface area contributed by atoms with Crippen LogP contribution in [0, 0.1) is 0 Å². The molecule has 0 spiro atoms. The summed E-state index contributed by atoms with van der Waals surface area (Å²) in [5.41, 5.74) is 0. The molecule has 2 N–H and O–H groups in total. The van der Waals surface area contributed by atoms with Gasteiger partial charge in [-0.2, -0.15) is 0 Å². The SMILES string of the molecule is CCCCCCCCCC[C@H](O)[C@H](O)CCCC(=O)OCC. The van der Waals surface area contributed by atoms with Crippen molar-refractivity contribution in [2.45, 2.75) is 103 Å². The molecule has 0 rings (SSSR count). The Kier molecular flexibility index (Phi) is 14.9. The van der Waals surface area contributed by atoms with Gasteiger partial charge in [-0.05, 0) is 26.2 Å². The van der Waals surface area contributed by atoms with Crippen LogP contribution in [-0.4, -0.2) is 35.0 Å². The van der Waals surface area contributed by atoms with Crippen LogP contribution < -0.4 is 0 Å². The number of hydrogen-bond donors (Lipinski definition) is 2. The van der Waals surface area contributed by atoms with Crippen LogP contribution in [0.4, 0.5) is 0 Å². The molecule has 132 valence electrons. The minimum absolute atomic E-state index is 0.229. The predicted octanol–water partition coefficient (Wildman–Crippen LogP) is 3.97. The lowest BCUT2D eigenvalue weighted by atomic mass is 10.0. The molecule has 0 saturated carbocycles. The van der Waals surface area contributed by atoms with E-state index in [9.17, 15) is 15.0 Å². The molecule has 0 aliphatic carbocycles. The number of carbonyl (C=O) groups is 1. The molecule has 0 saturated heterocycles. The van der Waals surface area contributed by atoms with E-state index in [1.165, 1.54) is 38.5 Å². The van der Waals surface area contributed by atoms with E-state index in [1.807, 2.05) is 0 Å². The zero-order valence-corrected chi connectivity index (χ0v) is 14.6. The highest BCUT2D eigenvalue weighted by atomic mass is 16.5. The van der Waals surface area contributed by atoms with Crippen LogP contribution in [0.3, 0.4) is 0 Å². The highest BCUT2D eigenvalue weighted by Gasteiger charge is 2.16. The molecule has 0 aromatic heterocycles. The van der Waals surface area contributed by atoms with Gasteiger partial charge < -0.3 is 14.9 Å². The number of esters is 1. The smallest absolute Gasteiger partial charge is 0.305 e. The highest BCUT2D eigenvalue weighted by Crippen LogP contribution is 2.14. The first kappa shape index (κ1) is 21.4. The molecule has 22 heavy (non-hydrogen) atoms. The standard InChI is InChI=1S/C18H36O4/c1-3-5-6-7-8-9-10-11-13-16(19)17(20)14-12-15-18(21)22-4-2/h16-17,19-20H,3-15H2,1-2H3/t16-,17+/m0/s1. The van der Waals surface area contributed by atoms with Gasteiger partial charge >= 0.3 is 5.97 Å². The summed E-state index contributed by atoms with van der Waals surface area (Å²) in [5, 5.41) is 19.8. The molecule has 0 aliphatic rings. The monoisotopic (exact) mass is 316 g/mol. The van der Waals surface area contributed by atoms with E-state index in [2.05, 4.69) is 6.92 Å². The van der Waals surface area contributed by atoms with Crippen molar-refractivity contribution in [3.05, 3.63) is 0 Å². The molecular formula is C18H36O4. The van der Waals surface area contributed by atoms with Crippen LogP contribution >= 0.6 is 0 Å². The molecule has 4 heteroatoms. The molecule has 0 aliphatic heterocycles. The lowest BCUT2D eigenvalue weighted by Crippen LogP contribution is -2.26. The summed E-state index contributed by atoms with van der Waals surface area (Å²) in [6.45, 7) is 4.39. The third-order valence-electron chi connectivity index (χ3n) is 3.98. The van der Waals surface area contributed by atoms with E-state index in [1.54, 1.807) is 6.92 Å². The van der Waals surface area contributed by atoms with Gasteiger partial charge in [-0.1, -0.05) is 58.3 Å². The van der Waals surface area contributed by atoms with Crippen molar-refractivity contribution in [3.8, 4) is 0 Å². The van der Waals surface area contributed by atoms with Gasteiger partial charge in [-0.15, -0.1) is 0 Å². The summed E-state index contributed by atoms with van der Waals surface area (Å²) in [5.74, 6) is -0.229. The minimum atomic E-state index is -0.723. The minimum Gasteiger partial charge on any atom is -0.466 e. The number of unbranched alkanes of at least 4 members (excludes halogenated alkanes) is 7. The van der Waals surface area contributed by atoms with E-state index >= 15 is 0 Å². The maximum absolute atomic E-state index is 11.2. The number of aliphatic hydroxyl groups is 2. The summed E-state index contributed by atoms with van der Waals surface area (Å²) < 4.78 is 4.83. The zero-order chi connectivity index (χ0) is 16.6. The molecule has 0 aromatic carbocycles. The number of ether oxygens (including phenoxy) is 1. The Bertz CT molecular complexity index is 255. The van der Waals surface area contributed by atoms with Gasteiger partial charge in [0.1, 0.15) is 0 Å². The first-order valence-corrected chi connectivity index (χ1v) is 9.13. The third-order valence-corrected chi connectivity index (χ3v) is 3.98. The molecular weight excluding hydrogens is 280 g/mol. The van der Waals surface area contributed by atoms with Crippen molar-refractivity contribution in [1.82, 2.24) is 0 Å². The molecule has 0 radical (unpaired) electrons. The number of hydrogen-bond acceptors (Lipinski definition) is 4. The molecule has 4 nitrogen and oxygen atoms in total. The first-order valence-electron chi connectivity index (χ1n) is 9.13. The van der Waals surface area contributed by atoms with E-state index in [-0.39, 0.29) is 5.97 Å². The fraction of sp³-hybridized carbons (Fsp3) is 0.944. The van der Waals surface area contributed by atoms with E-state index < -0.39 is 12.2 Å². The van der Waals surface area contributed by atoms with Crippen molar-refractivity contribution in [1.29, 1.82) is 0 Å². The van der Waals surface area contributed by atoms with Gasteiger partial charge in [0.2, 0.25) is 0 Å². The van der Waals surface area contributed by atoms with Crippen molar-refractivity contribution in [2.75, 3.05) is 6.61 Å². The van der Waals surface area contributed by atoms with Gasteiger partial charge in [-0.25, -0.2) is 0 Å². The Labute approximate surface area is 136 Å². The van der Waals surface area contributed by atoms with Crippen LogP contribution in [0.1, 0.15) is 90.9 Å². The maximum atomic E-state index is 11.2. The van der Waals surface area contributed by atoms with Crippen LogP contribution in [-0.2, 0) is 9.53 Å². The van der Waals surface area contributed by atoms with Crippen molar-refractivity contribution in [3.63, 3.8) is 0 Å². The lowest BCUT2D eigenvalue weighted by Gasteiger charge is -2.17. The number of rotatable bonds is 15. The van der Waals surface area contributed by atoms with Gasteiger partial charge in [0.05, 0.1) is 18.8 Å². The Morgan fingerprint density at radius 2 is 1.32 bits per heavy atom. The van der Waals surface area contributed by atoms with Gasteiger partial charge in [0.15, 0.2) is 0 Å². The van der Waals surface area contributed by atoms with Crippen molar-refractivity contribution < 1.29 is 19.7 Å². The van der Waals surface area contributed by atoms with Gasteiger partial charge in [-0.3, -0.25) is 4.79 Å². The van der Waals surface area contributed by atoms with Crippen LogP contribution in [0.2, 0.25) is 0 Å². The summed E-state index contributed by atoms with van der Waals surface area (Å²) >= 11 is 0. The van der Waals surface area contributed by atoms with Crippen LogP contribution in [0.5, 0.6) is 0 Å². The first-order chi connectivity index (χ1) is 10.6. The highest BCUT2D eigenvalue weighted by molar-refractivity contribution is 5.69. The van der Waals surface area contributed by atoms with E-state index in [0.717, 1.165) is 12.8 Å². The van der Waals surface area contributed by atoms with Gasteiger partial charge in [0.25, 0.3) is 0 Å². The Balaban J connectivity index is 3.46. The van der Waals surface area contributed by atoms with E-state index in [4.69, 9.17) is 4.74 Å². The topological polar surface area (TPSA) is 66.8 Å². The van der Waals surface area contributed by atoms with E-state index in [0.29, 0.717) is 32.3 Å². The molecule has 0 heterocycles. The van der Waals surface area contributed by atoms with Crippen LogP contribution in [0.25, 0.3) is 0 Å². The lowest BCUT2D eigenvalue weighted by molar-refractivity contribution is -0.143. The van der Waals surface area contributed by atoms with Crippen LogP contribution in [0.15, 0.2) is 0 Å². The fourth-order valence-corrected chi connectivity index (χ4v) is 2.56. The predicted molar refractivity (Wildman–Crippen MR) is 89.7 cm³/mol. The van der Waals surface area contributed by atoms with Gasteiger partial charge in [0, 0.05) is 6.42 Å².